The molecule has 1 aromatic heterocycles. The Bertz CT molecular complexity index is 889. The molecular weight excluding hydrogens is 332 g/mol. The molecular formula is C19H18N4O3. The number of nitrogens with zero attached hydrogens (tertiary/aromatic N) is 2. The first-order valence-corrected chi connectivity index (χ1v) is 8.15. The van der Waals surface area contributed by atoms with Crippen LogP contribution in [-0.4, -0.2) is 28.5 Å². The van der Waals surface area contributed by atoms with Gasteiger partial charge in [-0.1, -0.05) is 23.4 Å². The third-order valence-electron chi connectivity index (χ3n) is 3.63. The van der Waals surface area contributed by atoms with E-state index in [2.05, 4.69) is 20.8 Å². The number of hydrogen-bond acceptors (Lipinski definition) is 5. The Kier molecular flexibility index (Phi) is 5.38. The van der Waals surface area contributed by atoms with Crippen LogP contribution in [0.1, 0.15) is 32.4 Å². The molecule has 0 radical (unpaired) electrons. The molecule has 0 saturated carbocycles. The summed E-state index contributed by atoms with van der Waals surface area (Å²) in [6.07, 6.45) is 0.470. The maximum absolute atomic E-state index is 12.1. The highest BCUT2D eigenvalue weighted by Gasteiger charge is 2.09. The minimum atomic E-state index is -0.206. The van der Waals surface area contributed by atoms with Crippen LogP contribution in [0.15, 0.2) is 59.1 Å². The number of benzene rings is 2. The van der Waals surface area contributed by atoms with Crippen LogP contribution >= 0.6 is 0 Å². The molecule has 0 saturated heterocycles. The van der Waals surface area contributed by atoms with Crippen LogP contribution < -0.4 is 10.6 Å². The van der Waals surface area contributed by atoms with Crippen molar-refractivity contribution in [3.63, 3.8) is 0 Å². The van der Waals surface area contributed by atoms with Gasteiger partial charge in [0.1, 0.15) is 0 Å². The third-order valence-corrected chi connectivity index (χ3v) is 3.63. The highest BCUT2D eigenvalue weighted by Crippen LogP contribution is 2.11. The van der Waals surface area contributed by atoms with Gasteiger partial charge in [-0.25, -0.2) is 0 Å². The second kappa shape index (κ2) is 8.06. The monoisotopic (exact) mass is 350 g/mol. The van der Waals surface area contributed by atoms with E-state index in [1.165, 1.54) is 0 Å². The normalized spacial score (nSPS) is 10.3. The molecule has 0 fully saturated rings. The van der Waals surface area contributed by atoms with E-state index >= 15 is 0 Å². The Morgan fingerprint density at radius 1 is 0.962 bits per heavy atom. The van der Waals surface area contributed by atoms with Crippen LogP contribution in [0.3, 0.4) is 0 Å². The summed E-state index contributed by atoms with van der Waals surface area (Å²) in [6.45, 7) is 2.14. The van der Waals surface area contributed by atoms with Gasteiger partial charge < -0.3 is 15.2 Å². The molecule has 7 nitrogen and oxygen atoms in total. The van der Waals surface area contributed by atoms with Crippen LogP contribution in [-0.2, 0) is 6.42 Å². The average Bonchev–Trinajstić information content (AvgIpc) is 3.08. The van der Waals surface area contributed by atoms with E-state index in [0.29, 0.717) is 41.5 Å². The molecule has 0 aliphatic rings. The fraction of sp³-hybridized carbons (Fsp3) is 0.158. The summed E-state index contributed by atoms with van der Waals surface area (Å²) in [7, 11) is 0. The first-order valence-electron chi connectivity index (χ1n) is 8.15. The fourth-order valence-electron chi connectivity index (χ4n) is 2.32. The summed E-state index contributed by atoms with van der Waals surface area (Å²) in [5, 5.41) is 9.28. The number of rotatable bonds is 6. The van der Waals surface area contributed by atoms with Crippen LogP contribution in [0.2, 0.25) is 0 Å². The van der Waals surface area contributed by atoms with Crippen LogP contribution in [0.25, 0.3) is 0 Å². The molecule has 1 heterocycles. The predicted molar refractivity (Wildman–Crippen MR) is 95.9 cm³/mol. The Balaban J connectivity index is 1.51. The van der Waals surface area contributed by atoms with Crippen LogP contribution in [0, 0.1) is 6.92 Å². The lowest BCUT2D eigenvalue weighted by molar-refractivity contribution is 0.0952. The van der Waals surface area contributed by atoms with Gasteiger partial charge in [0.05, 0.1) is 0 Å². The van der Waals surface area contributed by atoms with Gasteiger partial charge >= 0.3 is 0 Å². The second-order valence-corrected chi connectivity index (χ2v) is 5.64. The predicted octanol–water partition coefficient (Wildman–Crippen LogP) is 2.60. The van der Waals surface area contributed by atoms with Gasteiger partial charge in [-0.3, -0.25) is 9.59 Å². The van der Waals surface area contributed by atoms with Crippen LogP contribution in [0.4, 0.5) is 5.69 Å². The number of anilines is 1. The van der Waals surface area contributed by atoms with Crippen molar-refractivity contribution in [3.8, 4) is 0 Å². The van der Waals surface area contributed by atoms with Gasteiger partial charge in [0, 0.05) is 29.8 Å². The van der Waals surface area contributed by atoms with E-state index in [0.717, 1.165) is 0 Å². The summed E-state index contributed by atoms with van der Waals surface area (Å²) in [4.78, 5) is 28.3. The standard InChI is InChI=1S/C19H18N4O3/c1-13-21-17(26-23-13)11-12-20-18(24)15-7-9-16(10-8-15)22-19(25)14-5-3-2-4-6-14/h2-10H,11-12H2,1H3,(H,20,24)(H,22,25). The lowest BCUT2D eigenvalue weighted by Gasteiger charge is -2.07. The smallest absolute Gasteiger partial charge is 0.255 e. The number of nitrogens with one attached hydrogen (secondary N) is 2. The minimum Gasteiger partial charge on any atom is -0.352 e. The highest BCUT2D eigenvalue weighted by atomic mass is 16.5. The Hall–Kier alpha value is -3.48. The molecule has 132 valence electrons. The quantitative estimate of drug-likeness (QED) is 0.712. The number of aryl methyl sites for hydroxylation is 1. The van der Waals surface area contributed by atoms with E-state index in [9.17, 15) is 9.59 Å². The van der Waals surface area contributed by atoms with Crippen molar-refractivity contribution in [2.24, 2.45) is 0 Å². The molecule has 2 N–H and O–H groups in total. The van der Waals surface area contributed by atoms with Gasteiger partial charge in [0.15, 0.2) is 5.82 Å². The lowest BCUT2D eigenvalue weighted by atomic mass is 10.1. The first kappa shape index (κ1) is 17.3. The number of carbonyl (C=O) groups is 2. The Morgan fingerprint density at radius 2 is 1.65 bits per heavy atom. The molecule has 0 aliphatic heterocycles. The molecule has 3 aromatic rings. The molecule has 2 amide bonds. The summed E-state index contributed by atoms with van der Waals surface area (Å²) < 4.78 is 4.99. The number of carbonyl (C=O) groups excluding carboxylic acids is 2. The molecule has 26 heavy (non-hydrogen) atoms. The average molecular weight is 350 g/mol. The molecule has 0 spiro atoms. The summed E-state index contributed by atoms with van der Waals surface area (Å²) in [5.41, 5.74) is 1.70. The van der Waals surface area contributed by atoms with Gasteiger partial charge in [-0.2, -0.15) is 4.98 Å². The molecule has 0 bridgehead atoms. The Labute approximate surface area is 150 Å². The van der Waals surface area contributed by atoms with Crippen molar-refractivity contribution in [3.05, 3.63) is 77.4 Å². The van der Waals surface area contributed by atoms with Gasteiger partial charge in [-0.15, -0.1) is 0 Å². The van der Waals surface area contributed by atoms with E-state index < -0.39 is 0 Å². The molecule has 0 atom stereocenters. The fourth-order valence-corrected chi connectivity index (χ4v) is 2.32. The Morgan fingerprint density at radius 3 is 2.31 bits per heavy atom. The van der Waals surface area contributed by atoms with E-state index in [1.54, 1.807) is 55.5 Å². The number of amides is 2. The molecule has 0 unspecified atom stereocenters. The SMILES string of the molecule is Cc1noc(CCNC(=O)c2ccc(NC(=O)c3ccccc3)cc2)n1. The maximum atomic E-state index is 12.1. The zero-order chi connectivity index (χ0) is 18.4. The van der Waals surface area contributed by atoms with Crippen molar-refractivity contribution in [1.29, 1.82) is 0 Å². The number of aromatic nitrogens is 2. The second-order valence-electron chi connectivity index (χ2n) is 5.64. The van der Waals surface area contributed by atoms with Crippen molar-refractivity contribution in [2.75, 3.05) is 11.9 Å². The van der Waals surface area contributed by atoms with Crippen molar-refractivity contribution in [2.45, 2.75) is 13.3 Å². The van der Waals surface area contributed by atoms with Crippen LogP contribution in [0.5, 0.6) is 0 Å². The topological polar surface area (TPSA) is 97.1 Å². The molecule has 7 heteroatoms. The van der Waals surface area contributed by atoms with E-state index in [4.69, 9.17) is 4.52 Å². The minimum absolute atomic E-state index is 0.197. The molecule has 3 rings (SSSR count). The molecule has 0 aliphatic carbocycles. The molecule has 2 aromatic carbocycles. The van der Waals surface area contributed by atoms with Gasteiger partial charge in [-0.05, 0) is 43.3 Å². The zero-order valence-electron chi connectivity index (χ0n) is 14.2. The summed E-state index contributed by atoms with van der Waals surface area (Å²) >= 11 is 0. The summed E-state index contributed by atoms with van der Waals surface area (Å²) in [6, 6.07) is 15.6. The highest BCUT2D eigenvalue weighted by molar-refractivity contribution is 6.04. The zero-order valence-corrected chi connectivity index (χ0v) is 14.2. The maximum Gasteiger partial charge on any atom is 0.255 e. The summed E-state index contributed by atoms with van der Waals surface area (Å²) in [5.74, 6) is 0.654. The van der Waals surface area contributed by atoms with Crippen molar-refractivity contribution < 1.29 is 14.1 Å². The lowest BCUT2D eigenvalue weighted by Crippen LogP contribution is -2.25. The van der Waals surface area contributed by atoms with Crippen molar-refractivity contribution >= 4 is 17.5 Å². The third kappa shape index (κ3) is 4.54. The van der Waals surface area contributed by atoms with E-state index in [1.807, 2.05) is 6.07 Å². The number of hydrogen-bond donors (Lipinski definition) is 2. The first-order chi connectivity index (χ1) is 12.6. The van der Waals surface area contributed by atoms with Gasteiger partial charge in [0.25, 0.3) is 11.8 Å². The van der Waals surface area contributed by atoms with E-state index in [-0.39, 0.29) is 11.8 Å². The largest absolute Gasteiger partial charge is 0.352 e. The van der Waals surface area contributed by atoms with Gasteiger partial charge in [0.2, 0.25) is 5.89 Å². The van der Waals surface area contributed by atoms with Crippen molar-refractivity contribution in [1.82, 2.24) is 15.5 Å².